The molecule has 2 fully saturated rings. The van der Waals surface area contributed by atoms with Crippen LogP contribution in [0, 0.1) is 13.8 Å². The van der Waals surface area contributed by atoms with Crippen LogP contribution in [0.5, 0.6) is 0 Å². The van der Waals surface area contributed by atoms with Gasteiger partial charge in [-0.3, -0.25) is 4.79 Å². The molecule has 0 aliphatic carbocycles. The van der Waals surface area contributed by atoms with Gasteiger partial charge in [0.2, 0.25) is 10.0 Å². The van der Waals surface area contributed by atoms with Crippen molar-refractivity contribution in [3.63, 3.8) is 0 Å². The van der Waals surface area contributed by atoms with Gasteiger partial charge in [0.25, 0.3) is 5.91 Å². The Hall–Kier alpha value is -2.07. The van der Waals surface area contributed by atoms with Crippen LogP contribution in [-0.2, 0) is 21.8 Å². The van der Waals surface area contributed by atoms with Gasteiger partial charge < -0.3 is 19.1 Å². The van der Waals surface area contributed by atoms with Crippen molar-refractivity contribution in [2.45, 2.75) is 51.3 Å². The second-order valence-electron chi connectivity index (χ2n) is 8.23. The summed E-state index contributed by atoms with van der Waals surface area (Å²) in [5.41, 5.74) is 1.51. The van der Waals surface area contributed by atoms with Gasteiger partial charge >= 0.3 is 6.09 Å². The largest absolute Gasteiger partial charge is 0.450 e. The fourth-order valence-electron chi connectivity index (χ4n) is 4.37. The molecule has 10 heteroatoms. The van der Waals surface area contributed by atoms with Crippen LogP contribution in [0.1, 0.15) is 54.4 Å². The molecule has 9 nitrogen and oxygen atoms in total. The first-order chi connectivity index (χ1) is 14.7. The number of nitrogens with zero attached hydrogens (tertiary/aromatic N) is 4. The Morgan fingerprint density at radius 2 is 1.45 bits per heavy atom. The third-order valence-corrected chi connectivity index (χ3v) is 8.45. The van der Waals surface area contributed by atoms with E-state index in [2.05, 4.69) is 0 Å². The van der Waals surface area contributed by atoms with Crippen molar-refractivity contribution in [1.29, 1.82) is 0 Å². The van der Waals surface area contributed by atoms with Crippen molar-refractivity contribution in [2.24, 2.45) is 7.05 Å². The molecule has 0 spiro atoms. The van der Waals surface area contributed by atoms with E-state index in [1.165, 1.54) is 9.21 Å². The van der Waals surface area contributed by atoms with Gasteiger partial charge in [0.05, 0.1) is 12.2 Å². The minimum absolute atomic E-state index is 0.103. The van der Waals surface area contributed by atoms with E-state index in [1.807, 2.05) is 0 Å². The zero-order valence-electron chi connectivity index (χ0n) is 19.0. The fourth-order valence-corrected chi connectivity index (χ4v) is 6.28. The predicted octanol–water partition coefficient (Wildman–Crippen LogP) is 2.12. The van der Waals surface area contributed by atoms with Crippen molar-refractivity contribution in [3.05, 3.63) is 17.0 Å². The van der Waals surface area contributed by atoms with Gasteiger partial charge in [-0.1, -0.05) is 12.8 Å². The number of aromatic nitrogens is 1. The lowest BCUT2D eigenvalue weighted by atomic mass is 10.2. The van der Waals surface area contributed by atoms with E-state index >= 15 is 0 Å². The Balaban J connectivity index is 1.90. The average Bonchev–Trinajstić information content (AvgIpc) is 2.94. The number of amides is 2. The van der Waals surface area contributed by atoms with E-state index in [0.29, 0.717) is 24.5 Å². The van der Waals surface area contributed by atoms with Crippen LogP contribution in [0.4, 0.5) is 4.79 Å². The molecule has 0 unspecified atom stereocenters. The molecule has 3 heterocycles. The van der Waals surface area contributed by atoms with E-state index in [-0.39, 0.29) is 49.2 Å². The minimum Gasteiger partial charge on any atom is -0.450 e. The minimum atomic E-state index is -3.89. The summed E-state index contributed by atoms with van der Waals surface area (Å²) >= 11 is 0. The highest BCUT2D eigenvalue weighted by Crippen LogP contribution is 2.31. The number of hydrogen-bond donors (Lipinski definition) is 0. The molecular formula is C21H34N4O5S. The summed E-state index contributed by atoms with van der Waals surface area (Å²) in [4.78, 5) is 28.8. The maximum atomic E-state index is 13.7. The average molecular weight is 455 g/mol. The molecule has 2 saturated heterocycles. The maximum absolute atomic E-state index is 13.7. The normalized spacial score (nSPS) is 18.7. The van der Waals surface area contributed by atoms with Crippen LogP contribution in [0.2, 0.25) is 0 Å². The van der Waals surface area contributed by atoms with Crippen LogP contribution in [-0.4, -0.2) is 85.0 Å². The van der Waals surface area contributed by atoms with Gasteiger partial charge in [0, 0.05) is 57.7 Å². The molecule has 2 aliphatic heterocycles. The summed E-state index contributed by atoms with van der Waals surface area (Å²) in [5.74, 6) is -0.202. The van der Waals surface area contributed by atoms with E-state index in [1.54, 1.807) is 37.3 Å². The molecule has 0 bridgehead atoms. The monoisotopic (exact) mass is 454 g/mol. The number of likely N-dealkylation sites (tertiary alicyclic amines) is 1. The van der Waals surface area contributed by atoms with Gasteiger partial charge in [0.1, 0.15) is 4.90 Å². The molecule has 1 aromatic rings. The molecule has 2 amide bonds. The standard InChI is InChI=1S/C21H34N4O5S/c1-5-30-21(27)24-12-14-25(15-13-24)31(28,29)19-17(3)22(4)16(2)18(19)20(26)23-10-8-6-7-9-11-23/h5-15H2,1-4H3. The highest BCUT2D eigenvalue weighted by atomic mass is 32.2. The second kappa shape index (κ2) is 9.60. The topological polar surface area (TPSA) is 92.2 Å². The number of carbonyl (C=O) groups excluding carboxylic acids is 2. The Morgan fingerprint density at radius 1 is 0.871 bits per heavy atom. The summed E-state index contributed by atoms with van der Waals surface area (Å²) in [6.45, 7) is 7.75. The molecule has 0 atom stereocenters. The number of rotatable bonds is 4. The molecule has 2 aliphatic rings. The van der Waals surface area contributed by atoms with E-state index in [0.717, 1.165) is 25.7 Å². The fraction of sp³-hybridized carbons (Fsp3) is 0.714. The van der Waals surface area contributed by atoms with Crippen molar-refractivity contribution in [1.82, 2.24) is 18.7 Å². The summed E-state index contributed by atoms with van der Waals surface area (Å²) in [6, 6.07) is 0. The number of carbonyl (C=O) groups is 2. The van der Waals surface area contributed by atoms with E-state index < -0.39 is 16.1 Å². The Bertz CT molecular complexity index is 924. The summed E-state index contributed by atoms with van der Waals surface area (Å²) in [6.07, 6.45) is 3.63. The molecular weight excluding hydrogens is 420 g/mol. The van der Waals surface area contributed by atoms with Crippen molar-refractivity contribution in [3.8, 4) is 0 Å². The molecule has 1 aromatic heterocycles. The van der Waals surface area contributed by atoms with Crippen LogP contribution >= 0.6 is 0 Å². The van der Waals surface area contributed by atoms with Crippen molar-refractivity contribution >= 4 is 22.0 Å². The Morgan fingerprint density at radius 3 is 2.00 bits per heavy atom. The van der Waals surface area contributed by atoms with Crippen molar-refractivity contribution < 1.29 is 22.7 Å². The van der Waals surface area contributed by atoms with Crippen LogP contribution in [0.25, 0.3) is 0 Å². The Labute approximate surface area is 185 Å². The molecule has 3 rings (SSSR count). The highest BCUT2D eigenvalue weighted by molar-refractivity contribution is 7.89. The third-order valence-electron chi connectivity index (χ3n) is 6.39. The van der Waals surface area contributed by atoms with Crippen LogP contribution in [0.15, 0.2) is 4.90 Å². The summed E-state index contributed by atoms with van der Waals surface area (Å²) < 4.78 is 35.5. The number of piperazine rings is 1. The lowest BCUT2D eigenvalue weighted by Crippen LogP contribution is -2.50. The first-order valence-corrected chi connectivity index (χ1v) is 12.5. The first-order valence-electron chi connectivity index (χ1n) is 11.1. The van der Waals surface area contributed by atoms with Gasteiger partial charge in [0.15, 0.2) is 0 Å². The Kier molecular flexibility index (Phi) is 7.31. The van der Waals surface area contributed by atoms with Gasteiger partial charge in [-0.2, -0.15) is 4.31 Å². The SMILES string of the molecule is CCOC(=O)N1CCN(S(=O)(=O)c2c(C(=O)N3CCCCCC3)c(C)n(C)c2C)CC1. The van der Waals surface area contributed by atoms with Gasteiger partial charge in [-0.25, -0.2) is 13.2 Å². The van der Waals surface area contributed by atoms with Gasteiger partial charge in [-0.05, 0) is 33.6 Å². The van der Waals surface area contributed by atoms with Crippen LogP contribution < -0.4 is 0 Å². The predicted molar refractivity (Wildman–Crippen MR) is 117 cm³/mol. The van der Waals surface area contributed by atoms with Gasteiger partial charge in [-0.15, -0.1) is 0 Å². The lowest BCUT2D eigenvalue weighted by Gasteiger charge is -2.33. The number of ether oxygens (including phenoxy) is 1. The maximum Gasteiger partial charge on any atom is 0.409 e. The number of sulfonamides is 1. The molecule has 0 N–H and O–H groups in total. The zero-order valence-corrected chi connectivity index (χ0v) is 19.8. The summed E-state index contributed by atoms with van der Waals surface area (Å²) in [7, 11) is -2.10. The quantitative estimate of drug-likeness (QED) is 0.695. The third kappa shape index (κ3) is 4.59. The number of hydrogen-bond acceptors (Lipinski definition) is 5. The van der Waals surface area contributed by atoms with Crippen LogP contribution in [0.3, 0.4) is 0 Å². The highest BCUT2D eigenvalue weighted by Gasteiger charge is 2.38. The summed E-state index contributed by atoms with van der Waals surface area (Å²) in [5, 5.41) is 0. The molecule has 31 heavy (non-hydrogen) atoms. The lowest BCUT2D eigenvalue weighted by molar-refractivity contribution is 0.0757. The smallest absolute Gasteiger partial charge is 0.409 e. The van der Waals surface area contributed by atoms with Crippen molar-refractivity contribution in [2.75, 3.05) is 45.9 Å². The zero-order chi connectivity index (χ0) is 22.8. The molecule has 0 aromatic carbocycles. The first kappa shape index (κ1) is 23.6. The molecule has 0 radical (unpaired) electrons. The van der Waals surface area contributed by atoms with E-state index in [9.17, 15) is 18.0 Å². The molecule has 174 valence electrons. The van der Waals surface area contributed by atoms with E-state index in [4.69, 9.17) is 4.74 Å². The molecule has 0 saturated carbocycles. The second-order valence-corrected chi connectivity index (χ2v) is 10.1.